The van der Waals surface area contributed by atoms with Gasteiger partial charge in [0, 0.05) is 0 Å². The van der Waals surface area contributed by atoms with E-state index in [1.807, 2.05) is 6.92 Å². The van der Waals surface area contributed by atoms with Crippen LogP contribution in [-0.4, -0.2) is 107 Å². The van der Waals surface area contributed by atoms with Crippen LogP contribution < -0.4 is 18.9 Å². The van der Waals surface area contributed by atoms with Crippen molar-refractivity contribution in [2.24, 2.45) is 0 Å². The van der Waals surface area contributed by atoms with Crippen LogP contribution in [0.15, 0.2) is 0 Å². The van der Waals surface area contributed by atoms with Crippen molar-refractivity contribution >= 4 is 39.8 Å². The summed E-state index contributed by atoms with van der Waals surface area (Å²) in [6.45, 7) is 6.90. The Balaban J connectivity index is 0.000000703. The number of aliphatic carboxylic acids is 1. The summed E-state index contributed by atoms with van der Waals surface area (Å²) in [5.41, 5.74) is -1.32. The van der Waals surface area contributed by atoms with Crippen LogP contribution >= 0.6 is 15.9 Å². The van der Waals surface area contributed by atoms with E-state index in [0.717, 1.165) is 64.2 Å². The molecule has 6 rings (SSSR count). The summed E-state index contributed by atoms with van der Waals surface area (Å²) in [4.78, 5) is 43.6. The van der Waals surface area contributed by atoms with E-state index in [4.69, 9.17) is 33.9 Å². The normalized spacial score (nSPS) is 21.1. The Morgan fingerprint density at radius 3 is 1.25 bits per heavy atom. The Labute approximate surface area is 362 Å². The number of hydrogen-bond donors (Lipinski definition) is 2. The summed E-state index contributed by atoms with van der Waals surface area (Å²) < 4.78 is 31.3. The van der Waals surface area contributed by atoms with Gasteiger partial charge in [-0.25, -0.2) is 14.4 Å². The first kappa shape index (κ1) is 55.8. The third kappa shape index (κ3) is 24.6. The summed E-state index contributed by atoms with van der Waals surface area (Å²) in [5.74, 6) is -1.36. The van der Waals surface area contributed by atoms with Crippen LogP contribution in [0.1, 0.15) is 175 Å². The molecule has 0 bridgehead atoms. The molecule has 6 aliphatic carbocycles. The van der Waals surface area contributed by atoms with Gasteiger partial charge in [0.25, 0.3) is 0 Å². The number of hydrogen-bond acceptors (Lipinski definition) is 12. The van der Waals surface area contributed by atoms with Crippen molar-refractivity contribution in [3.05, 3.63) is 0 Å². The number of rotatable bonds is 13. The van der Waals surface area contributed by atoms with Crippen molar-refractivity contribution in [3.63, 3.8) is 0 Å². The van der Waals surface area contributed by atoms with Crippen LogP contribution in [-0.2, 0) is 47.6 Å². The molecule has 6 saturated carbocycles. The zero-order valence-corrected chi connectivity index (χ0v) is 37.2. The smallest absolute Gasteiger partial charge is 0.870 e. The number of esters is 3. The number of carboxylic acids is 1. The van der Waals surface area contributed by atoms with Crippen LogP contribution in [0.2, 0.25) is 0 Å². The summed E-state index contributed by atoms with van der Waals surface area (Å²) in [7, 11) is 0. The molecular formula is C42H74BrLiO13. The quantitative estimate of drug-likeness (QED) is 0.104. The molecule has 0 aliphatic heterocycles. The maximum absolute atomic E-state index is 11.7. The van der Waals surface area contributed by atoms with Gasteiger partial charge in [-0.15, -0.1) is 0 Å². The second-order valence-electron chi connectivity index (χ2n) is 15.4. The van der Waals surface area contributed by atoms with E-state index in [-0.39, 0.29) is 67.2 Å². The molecule has 0 radical (unpaired) electrons. The fourth-order valence-electron chi connectivity index (χ4n) is 7.15. The predicted molar refractivity (Wildman–Crippen MR) is 215 cm³/mol. The molecule has 3 N–H and O–H groups in total. The fourth-order valence-corrected chi connectivity index (χ4v) is 7.31. The van der Waals surface area contributed by atoms with E-state index in [0.29, 0.717) is 44.1 Å². The molecule has 13 nitrogen and oxygen atoms in total. The van der Waals surface area contributed by atoms with Crippen LogP contribution in [0.5, 0.6) is 0 Å². The number of aliphatic hydroxyl groups is 1. The first-order valence-electron chi connectivity index (χ1n) is 21.5. The minimum absolute atomic E-state index is 0. The average molecular weight is 874 g/mol. The van der Waals surface area contributed by atoms with Crippen molar-refractivity contribution in [1.82, 2.24) is 0 Å². The van der Waals surface area contributed by atoms with Gasteiger partial charge in [0.05, 0.1) is 44.2 Å². The molecule has 0 aromatic heterocycles. The Bertz CT molecular complexity index is 1060. The number of carboxylic acid groups (broad SMARTS) is 1. The van der Waals surface area contributed by atoms with Crippen LogP contribution in [0.4, 0.5) is 0 Å². The molecule has 6 fully saturated rings. The number of alkyl halides is 1. The number of aliphatic hydroxyl groups excluding tert-OH is 1. The van der Waals surface area contributed by atoms with Crippen molar-refractivity contribution < 1.29 is 82.1 Å². The third-order valence-corrected chi connectivity index (χ3v) is 11.1. The van der Waals surface area contributed by atoms with Gasteiger partial charge in [-0.05, 0) is 97.8 Å². The molecule has 328 valence electrons. The van der Waals surface area contributed by atoms with E-state index >= 15 is 0 Å². The second-order valence-corrected chi connectivity index (χ2v) is 15.9. The molecule has 0 unspecified atom stereocenters. The van der Waals surface area contributed by atoms with Gasteiger partial charge in [-0.1, -0.05) is 93.0 Å². The SMILES string of the molecule is CCOC(=O)C1(OC2CCCCC2)CC1.CCOC(=O)CBr.CCOC(=O)COC1CCCCC1.O=C(O)C1(OC2CCCCC2)CC1.OC1CCCCC1.[Li+].[OH-]. The molecule has 6 aliphatic rings. The van der Waals surface area contributed by atoms with Crippen molar-refractivity contribution in [1.29, 1.82) is 0 Å². The van der Waals surface area contributed by atoms with Crippen LogP contribution in [0, 0.1) is 0 Å². The van der Waals surface area contributed by atoms with E-state index in [2.05, 4.69) is 20.7 Å². The number of ether oxygens (including phenoxy) is 6. The summed E-state index contributed by atoms with van der Waals surface area (Å²) >= 11 is 2.94. The molecule has 0 heterocycles. The molecule has 15 heteroatoms. The van der Waals surface area contributed by atoms with E-state index < -0.39 is 17.2 Å². The molecule has 0 aromatic rings. The average Bonchev–Trinajstić information content (AvgIpc) is 4.15. The van der Waals surface area contributed by atoms with Gasteiger partial charge in [-0.3, -0.25) is 4.79 Å². The maximum atomic E-state index is 11.7. The van der Waals surface area contributed by atoms with E-state index in [1.54, 1.807) is 13.8 Å². The number of carbonyl (C=O) groups excluding carboxylic acids is 3. The molecule has 0 atom stereocenters. The summed E-state index contributed by atoms with van der Waals surface area (Å²) in [6, 6.07) is 0. The summed E-state index contributed by atoms with van der Waals surface area (Å²) in [5, 5.41) is 18.1. The van der Waals surface area contributed by atoms with Gasteiger partial charge in [-0.2, -0.15) is 0 Å². The van der Waals surface area contributed by atoms with Crippen molar-refractivity contribution in [3.8, 4) is 0 Å². The standard InChI is InChI=1S/C12H20O3.C10H16O3.C10H18O3.C6H12O.C4H7BrO2.Li.H2O/c1-2-14-11(13)12(8-9-12)15-10-6-4-3-5-7-10;11-9(12)10(6-7-10)13-8-4-2-1-3-5-8;1-2-12-10(11)8-13-9-6-4-3-5-7-9;7-6-4-2-1-3-5-6;1-2-7-4(6)3-5;;/h10H,2-9H2,1H3;8H,1-7H2,(H,11,12);9H,2-8H2,1H3;6-7H,1-5H2;2-3H2,1H3;;1H2/q;;;;;+1;/p-1. The molecule has 57 heavy (non-hydrogen) atoms. The zero-order valence-electron chi connectivity index (χ0n) is 35.6. The third-order valence-electron chi connectivity index (χ3n) is 10.6. The van der Waals surface area contributed by atoms with Crippen LogP contribution in [0.3, 0.4) is 0 Å². The Morgan fingerprint density at radius 2 is 0.930 bits per heavy atom. The number of carbonyl (C=O) groups is 4. The predicted octanol–water partition coefficient (Wildman–Crippen LogP) is 5.37. The first-order chi connectivity index (χ1) is 26.5. The van der Waals surface area contributed by atoms with Gasteiger partial charge in [0.1, 0.15) is 11.9 Å². The summed E-state index contributed by atoms with van der Waals surface area (Å²) in [6.07, 6.45) is 27.6. The van der Waals surface area contributed by atoms with Gasteiger partial charge in [0.15, 0.2) is 11.2 Å². The minimum atomic E-state index is -0.776. The van der Waals surface area contributed by atoms with Crippen molar-refractivity contribution in [2.75, 3.05) is 31.8 Å². The fraction of sp³-hybridized carbons (Fsp3) is 0.905. The molecule has 0 aromatic carbocycles. The van der Waals surface area contributed by atoms with Gasteiger partial charge >= 0.3 is 42.7 Å². The largest absolute Gasteiger partial charge is 1.00 e. The van der Waals surface area contributed by atoms with Gasteiger partial charge in [0.2, 0.25) is 0 Å². The van der Waals surface area contributed by atoms with Crippen molar-refractivity contribution in [2.45, 2.75) is 210 Å². The first-order valence-corrected chi connectivity index (χ1v) is 22.6. The van der Waals surface area contributed by atoms with E-state index in [9.17, 15) is 19.2 Å². The zero-order chi connectivity index (χ0) is 40.4. The molecule has 0 spiro atoms. The Morgan fingerprint density at radius 1 is 0.561 bits per heavy atom. The van der Waals surface area contributed by atoms with Gasteiger partial charge < -0.3 is 44.1 Å². The minimum Gasteiger partial charge on any atom is -0.870 e. The molecular weight excluding hydrogens is 799 g/mol. The number of halogens is 1. The maximum Gasteiger partial charge on any atom is 1.00 e. The Kier molecular flexibility index (Phi) is 31.8. The second kappa shape index (κ2) is 32.5. The monoisotopic (exact) mass is 872 g/mol. The molecule has 0 amide bonds. The van der Waals surface area contributed by atoms with E-state index in [1.165, 1.54) is 77.0 Å². The molecule has 0 saturated heterocycles. The van der Waals surface area contributed by atoms with Crippen LogP contribution in [0.25, 0.3) is 0 Å². The Hall–Kier alpha value is -1.24. The topological polar surface area (TPSA) is 194 Å².